The summed E-state index contributed by atoms with van der Waals surface area (Å²) in [6.45, 7) is 0.108. The van der Waals surface area contributed by atoms with Crippen molar-refractivity contribution >= 4 is 6.09 Å². The van der Waals surface area contributed by atoms with Gasteiger partial charge in [-0.2, -0.15) is 9.65 Å². The Hall–Kier alpha value is -3.86. The fraction of sp³-hybridized carbons (Fsp3) is 0.261. The fourth-order valence-electron chi connectivity index (χ4n) is 3.82. The Morgan fingerprint density at radius 3 is 2.52 bits per heavy atom. The molecule has 2 heterocycles. The van der Waals surface area contributed by atoms with E-state index < -0.39 is 17.6 Å². The molecule has 1 N–H and O–H groups in total. The van der Waals surface area contributed by atoms with Crippen molar-refractivity contribution in [3.05, 3.63) is 77.9 Å². The molecule has 1 saturated carbocycles. The van der Waals surface area contributed by atoms with Crippen LogP contribution in [0, 0.1) is 17.3 Å². The summed E-state index contributed by atoms with van der Waals surface area (Å²) in [6, 6.07) is 14.1. The number of hydrogen-bond acceptors (Lipinski definition) is 6. The number of carbonyl (C=O) groups is 1. The molecular formula is C23H20FN5O2. The second-order valence-electron chi connectivity index (χ2n) is 7.43. The van der Waals surface area contributed by atoms with Crippen molar-refractivity contribution in [2.75, 3.05) is 0 Å². The number of halogens is 1. The lowest BCUT2D eigenvalue weighted by Gasteiger charge is -2.29. The summed E-state index contributed by atoms with van der Waals surface area (Å²) in [7, 11) is 0. The molecule has 0 atom stereocenters. The van der Waals surface area contributed by atoms with E-state index in [0.29, 0.717) is 5.69 Å². The Labute approximate surface area is 179 Å². The summed E-state index contributed by atoms with van der Waals surface area (Å²) < 4.78 is 18.4. The quantitative estimate of drug-likeness (QED) is 0.623. The van der Waals surface area contributed by atoms with Crippen molar-refractivity contribution in [1.82, 2.24) is 20.3 Å². The van der Waals surface area contributed by atoms with Gasteiger partial charge >= 0.3 is 6.09 Å². The van der Waals surface area contributed by atoms with Crippen molar-refractivity contribution in [2.45, 2.75) is 37.8 Å². The van der Waals surface area contributed by atoms with Crippen molar-refractivity contribution < 1.29 is 13.9 Å². The number of pyridine rings is 1. The first-order valence-corrected chi connectivity index (χ1v) is 9.97. The van der Waals surface area contributed by atoms with E-state index in [2.05, 4.69) is 20.3 Å². The van der Waals surface area contributed by atoms with E-state index in [1.807, 2.05) is 30.3 Å². The minimum Gasteiger partial charge on any atom is -0.445 e. The van der Waals surface area contributed by atoms with Gasteiger partial charge in [0.25, 0.3) is 0 Å². The highest BCUT2D eigenvalue weighted by Gasteiger charge is 2.39. The number of nitrogens with zero attached hydrogens (tertiary/aromatic N) is 4. The highest BCUT2D eigenvalue weighted by atomic mass is 19.1. The van der Waals surface area contributed by atoms with Gasteiger partial charge in [-0.3, -0.25) is 0 Å². The zero-order valence-corrected chi connectivity index (χ0v) is 16.7. The molecule has 0 radical (unpaired) electrons. The van der Waals surface area contributed by atoms with Crippen molar-refractivity contribution in [2.24, 2.45) is 0 Å². The molecule has 8 heteroatoms. The van der Waals surface area contributed by atoms with E-state index in [-0.39, 0.29) is 12.4 Å². The lowest BCUT2D eigenvalue weighted by Crippen LogP contribution is -2.44. The molecule has 0 bridgehead atoms. The predicted octanol–water partition coefficient (Wildman–Crippen LogP) is 4.25. The summed E-state index contributed by atoms with van der Waals surface area (Å²) in [5.41, 5.74) is 2.50. The van der Waals surface area contributed by atoms with E-state index in [0.717, 1.165) is 42.4 Å². The van der Waals surface area contributed by atoms with Gasteiger partial charge in [0.15, 0.2) is 0 Å². The minimum atomic E-state index is -0.648. The highest BCUT2D eigenvalue weighted by molar-refractivity contribution is 5.69. The lowest BCUT2D eigenvalue weighted by molar-refractivity contribution is 0.125. The molecule has 1 amide bonds. The Morgan fingerprint density at radius 2 is 1.84 bits per heavy atom. The maximum Gasteiger partial charge on any atom is 0.408 e. The van der Waals surface area contributed by atoms with Crippen LogP contribution in [0.1, 0.15) is 42.8 Å². The van der Waals surface area contributed by atoms with Crippen LogP contribution in [0.15, 0.2) is 54.9 Å². The molecule has 3 aromatic rings. The zero-order chi connectivity index (χ0) is 21.7. The second-order valence-corrected chi connectivity index (χ2v) is 7.43. The number of alkyl carbamates (subject to hydrolysis) is 1. The van der Waals surface area contributed by atoms with Gasteiger partial charge in [-0.05, 0) is 42.2 Å². The molecule has 0 aliphatic heterocycles. The van der Waals surface area contributed by atoms with Crippen molar-refractivity contribution in [1.29, 1.82) is 5.26 Å². The largest absolute Gasteiger partial charge is 0.445 e. The monoisotopic (exact) mass is 417 g/mol. The first-order chi connectivity index (χ1) is 15.1. The van der Waals surface area contributed by atoms with Gasteiger partial charge in [-0.1, -0.05) is 37.1 Å². The normalized spacial score (nSPS) is 14.6. The standard InChI is InChI=1S/C23H20FN5O2/c24-20-8-7-18(14-27-20)17-5-3-16(4-6-17)15-31-22(30)29-23(10-1-2-11-23)19-9-12-26-21(13-25)28-19/h3-9,12,14H,1-2,10-11,15H2,(H,29,30). The van der Waals surface area contributed by atoms with Crippen molar-refractivity contribution in [3.8, 4) is 17.2 Å². The second kappa shape index (κ2) is 8.88. The van der Waals surface area contributed by atoms with Crippen LogP contribution in [0.5, 0.6) is 0 Å². The fourth-order valence-corrected chi connectivity index (χ4v) is 3.82. The smallest absolute Gasteiger partial charge is 0.408 e. The Morgan fingerprint density at radius 1 is 1.10 bits per heavy atom. The Bertz CT molecular complexity index is 1100. The first-order valence-electron chi connectivity index (χ1n) is 9.97. The third-order valence-corrected chi connectivity index (χ3v) is 5.43. The summed E-state index contributed by atoms with van der Waals surface area (Å²) in [6.07, 6.45) is 5.82. The molecule has 1 aliphatic rings. The molecule has 2 aromatic heterocycles. The molecule has 4 rings (SSSR count). The molecule has 1 fully saturated rings. The van der Waals surface area contributed by atoms with Gasteiger partial charge in [-0.15, -0.1) is 0 Å². The number of ether oxygens (including phenoxy) is 1. The average molecular weight is 417 g/mol. The number of amides is 1. The van der Waals surface area contributed by atoms with Gasteiger partial charge in [0.1, 0.15) is 12.7 Å². The average Bonchev–Trinajstić information content (AvgIpc) is 3.28. The van der Waals surface area contributed by atoms with Crippen LogP contribution >= 0.6 is 0 Å². The molecular weight excluding hydrogens is 397 g/mol. The van der Waals surface area contributed by atoms with Crippen LogP contribution in [0.25, 0.3) is 11.1 Å². The van der Waals surface area contributed by atoms with Gasteiger partial charge in [0, 0.05) is 18.0 Å². The molecule has 0 unspecified atom stereocenters. The van der Waals surface area contributed by atoms with Crippen LogP contribution in [-0.4, -0.2) is 21.0 Å². The van der Waals surface area contributed by atoms with Crippen LogP contribution in [0.4, 0.5) is 9.18 Å². The summed E-state index contributed by atoms with van der Waals surface area (Å²) >= 11 is 0. The molecule has 0 saturated heterocycles. The molecule has 31 heavy (non-hydrogen) atoms. The lowest BCUT2D eigenvalue weighted by atomic mass is 9.93. The minimum absolute atomic E-state index is 0.0791. The van der Waals surface area contributed by atoms with E-state index in [1.54, 1.807) is 12.1 Å². The van der Waals surface area contributed by atoms with E-state index in [4.69, 9.17) is 10.00 Å². The zero-order valence-electron chi connectivity index (χ0n) is 16.7. The van der Waals surface area contributed by atoms with Crippen LogP contribution in [0.3, 0.4) is 0 Å². The molecule has 1 aliphatic carbocycles. The maximum absolute atomic E-state index is 13.0. The summed E-state index contributed by atoms with van der Waals surface area (Å²) in [4.78, 5) is 24.4. The van der Waals surface area contributed by atoms with Crippen LogP contribution in [-0.2, 0) is 16.9 Å². The third-order valence-electron chi connectivity index (χ3n) is 5.43. The predicted molar refractivity (Wildman–Crippen MR) is 110 cm³/mol. The maximum atomic E-state index is 13.0. The summed E-state index contributed by atoms with van der Waals surface area (Å²) in [5, 5.41) is 12.0. The molecule has 7 nitrogen and oxygen atoms in total. The van der Waals surface area contributed by atoms with Gasteiger partial charge < -0.3 is 10.1 Å². The van der Waals surface area contributed by atoms with E-state index in [1.165, 1.54) is 18.5 Å². The molecule has 0 spiro atoms. The van der Waals surface area contributed by atoms with E-state index in [9.17, 15) is 9.18 Å². The van der Waals surface area contributed by atoms with Gasteiger partial charge in [-0.25, -0.2) is 19.7 Å². The molecule has 156 valence electrons. The Kier molecular flexibility index (Phi) is 5.85. The number of carbonyl (C=O) groups excluding carboxylic acids is 1. The van der Waals surface area contributed by atoms with Gasteiger partial charge in [0.2, 0.25) is 11.8 Å². The van der Waals surface area contributed by atoms with Crippen LogP contribution in [0.2, 0.25) is 0 Å². The first kappa shape index (κ1) is 20.4. The van der Waals surface area contributed by atoms with Crippen molar-refractivity contribution in [3.63, 3.8) is 0 Å². The Balaban J connectivity index is 1.40. The van der Waals surface area contributed by atoms with E-state index >= 15 is 0 Å². The summed E-state index contributed by atoms with van der Waals surface area (Å²) in [5.74, 6) is -0.444. The number of rotatable bonds is 5. The SMILES string of the molecule is N#Cc1nccc(C2(NC(=O)OCc3ccc(-c4ccc(F)nc4)cc3)CCCC2)n1. The number of nitrogens with one attached hydrogen (secondary N) is 1. The van der Waals surface area contributed by atoms with Crippen LogP contribution < -0.4 is 5.32 Å². The third kappa shape index (κ3) is 4.67. The number of benzene rings is 1. The number of nitriles is 1. The highest BCUT2D eigenvalue weighted by Crippen LogP contribution is 2.37. The number of aromatic nitrogens is 3. The topological polar surface area (TPSA) is 101 Å². The van der Waals surface area contributed by atoms with Gasteiger partial charge in [0.05, 0.1) is 11.2 Å². The molecule has 1 aromatic carbocycles. The number of hydrogen-bond donors (Lipinski definition) is 1.